The number of aromatic nitrogens is 1. The van der Waals surface area contributed by atoms with Gasteiger partial charge in [-0.05, 0) is 42.8 Å². The lowest BCUT2D eigenvalue weighted by Crippen LogP contribution is -2.28. The van der Waals surface area contributed by atoms with E-state index >= 15 is 0 Å². The molecule has 0 bridgehead atoms. The summed E-state index contributed by atoms with van der Waals surface area (Å²) in [6.45, 7) is 1.81. The van der Waals surface area contributed by atoms with Gasteiger partial charge in [0.15, 0.2) is 4.80 Å². The van der Waals surface area contributed by atoms with Crippen molar-refractivity contribution in [3.8, 4) is 5.75 Å². The van der Waals surface area contributed by atoms with E-state index in [2.05, 4.69) is 9.73 Å². The van der Waals surface area contributed by atoms with Gasteiger partial charge in [-0.1, -0.05) is 30.4 Å². The molecule has 2 aromatic carbocycles. The highest BCUT2D eigenvalue weighted by Crippen LogP contribution is 2.24. The van der Waals surface area contributed by atoms with Crippen LogP contribution in [0.5, 0.6) is 5.75 Å². The number of methoxy groups -OCH3 is 1. The normalized spacial score (nSPS) is 13.3. The van der Waals surface area contributed by atoms with E-state index in [0.717, 1.165) is 22.3 Å². The van der Waals surface area contributed by atoms with Gasteiger partial charge >= 0.3 is 12.3 Å². The molecule has 3 aromatic rings. The van der Waals surface area contributed by atoms with E-state index in [4.69, 9.17) is 4.74 Å². The molecular formula is C20H17F3N2O4S. The first kappa shape index (κ1) is 21.6. The van der Waals surface area contributed by atoms with Crippen molar-refractivity contribution in [3.63, 3.8) is 0 Å². The highest BCUT2D eigenvalue weighted by atomic mass is 32.1. The maximum atomic E-state index is 12.6. The summed E-state index contributed by atoms with van der Waals surface area (Å²) >= 11 is 1.22. The fraction of sp³-hybridized carbons (Fsp3) is 0.250. The van der Waals surface area contributed by atoms with Crippen LogP contribution in [-0.2, 0) is 9.53 Å². The number of hydrogen-bond donors (Lipinski definition) is 0. The highest BCUT2D eigenvalue weighted by Gasteiger charge is 2.31. The zero-order chi connectivity index (χ0) is 21.9. The zero-order valence-corrected chi connectivity index (χ0v) is 16.8. The summed E-state index contributed by atoms with van der Waals surface area (Å²) in [6, 6.07) is 11.1. The third-order valence-electron chi connectivity index (χ3n) is 4.24. The largest absolute Gasteiger partial charge is 0.573 e. The topological polar surface area (TPSA) is 69.9 Å². The van der Waals surface area contributed by atoms with Gasteiger partial charge in [0.05, 0.1) is 17.3 Å². The van der Waals surface area contributed by atoms with Crippen molar-refractivity contribution in [2.45, 2.75) is 25.7 Å². The summed E-state index contributed by atoms with van der Waals surface area (Å²) in [6.07, 6.45) is -4.40. The van der Waals surface area contributed by atoms with Crippen LogP contribution in [0.25, 0.3) is 10.2 Å². The fourth-order valence-corrected chi connectivity index (χ4v) is 3.98. The molecule has 3 rings (SSSR count). The van der Waals surface area contributed by atoms with Crippen LogP contribution in [0.1, 0.15) is 29.7 Å². The summed E-state index contributed by atoms with van der Waals surface area (Å²) in [5.41, 5.74) is 0.805. The molecular weight excluding hydrogens is 421 g/mol. The molecule has 0 fully saturated rings. The van der Waals surface area contributed by atoms with Crippen LogP contribution in [0.2, 0.25) is 0 Å². The minimum atomic E-state index is -4.82. The first-order chi connectivity index (χ1) is 14.2. The number of carbonyl (C=O) groups is 2. The van der Waals surface area contributed by atoms with Gasteiger partial charge in [0, 0.05) is 5.56 Å². The molecule has 30 heavy (non-hydrogen) atoms. The van der Waals surface area contributed by atoms with Gasteiger partial charge in [0.25, 0.3) is 5.91 Å². The molecule has 0 saturated heterocycles. The lowest BCUT2D eigenvalue weighted by atomic mass is 10.2. The van der Waals surface area contributed by atoms with Gasteiger partial charge < -0.3 is 14.0 Å². The molecule has 0 N–H and O–H groups in total. The number of nitrogens with zero attached hydrogens (tertiary/aromatic N) is 2. The minimum absolute atomic E-state index is 0.0830. The van der Waals surface area contributed by atoms with Crippen LogP contribution in [-0.4, -0.2) is 29.9 Å². The molecule has 0 spiro atoms. The summed E-state index contributed by atoms with van der Waals surface area (Å²) < 4.78 is 48.0. The second-order valence-corrected chi connectivity index (χ2v) is 7.17. The predicted molar refractivity (Wildman–Crippen MR) is 104 cm³/mol. The van der Waals surface area contributed by atoms with Gasteiger partial charge in [0.1, 0.15) is 11.8 Å². The number of benzene rings is 2. The van der Waals surface area contributed by atoms with Crippen molar-refractivity contribution in [2.24, 2.45) is 4.99 Å². The highest BCUT2D eigenvalue weighted by molar-refractivity contribution is 7.16. The van der Waals surface area contributed by atoms with Gasteiger partial charge in [-0.2, -0.15) is 4.99 Å². The number of thiazole rings is 1. The number of amides is 1. The Morgan fingerprint density at radius 2 is 1.80 bits per heavy atom. The van der Waals surface area contributed by atoms with E-state index in [0.29, 0.717) is 6.42 Å². The Bertz CT molecular complexity index is 1130. The summed E-state index contributed by atoms with van der Waals surface area (Å²) in [5, 5.41) is 0. The van der Waals surface area contributed by atoms with E-state index in [1.165, 1.54) is 30.6 Å². The molecule has 158 valence electrons. The summed E-state index contributed by atoms with van der Waals surface area (Å²) in [5.74, 6) is -1.56. The number of para-hydroxylation sites is 1. The number of ether oxygens (including phenoxy) is 2. The molecule has 0 aliphatic heterocycles. The lowest BCUT2D eigenvalue weighted by molar-refractivity contribution is -0.274. The Kier molecular flexibility index (Phi) is 6.25. The van der Waals surface area contributed by atoms with E-state index in [-0.39, 0.29) is 10.4 Å². The molecule has 1 atom stereocenters. The molecule has 1 heterocycles. The molecule has 0 saturated carbocycles. The molecule has 0 aliphatic carbocycles. The minimum Gasteiger partial charge on any atom is -0.467 e. The Labute approximate surface area is 173 Å². The van der Waals surface area contributed by atoms with Gasteiger partial charge in [-0.3, -0.25) is 4.79 Å². The second kappa shape index (κ2) is 8.70. The zero-order valence-electron chi connectivity index (χ0n) is 16.0. The molecule has 6 nitrogen and oxygen atoms in total. The predicted octanol–water partition coefficient (Wildman–Crippen LogP) is 4.47. The van der Waals surface area contributed by atoms with Gasteiger partial charge in [-0.15, -0.1) is 13.2 Å². The standard InChI is InChI=1S/C20H17F3N2O4S/c1-3-14(18(27)28-2)25-15-6-4-5-7-16(15)30-19(25)24-17(26)12-8-10-13(11-9-12)29-20(21,22)23/h4-11,14H,3H2,1-2H3. The number of esters is 1. The molecule has 0 aliphatic rings. The van der Waals surface area contributed by atoms with E-state index < -0.39 is 30.0 Å². The smallest absolute Gasteiger partial charge is 0.467 e. The molecule has 1 aromatic heterocycles. The quantitative estimate of drug-likeness (QED) is 0.552. The first-order valence-corrected chi connectivity index (χ1v) is 9.68. The van der Waals surface area contributed by atoms with Gasteiger partial charge in [0.2, 0.25) is 0 Å². The Balaban J connectivity index is 2.04. The van der Waals surface area contributed by atoms with Crippen LogP contribution >= 0.6 is 11.3 Å². The molecule has 0 radical (unpaired) electrons. The van der Waals surface area contributed by atoms with Crippen LogP contribution in [0.3, 0.4) is 0 Å². The third kappa shape index (κ3) is 4.70. The third-order valence-corrected chi connectivity index (χ3v) is 5.27. The average molecular weight is 438 g/mol. The number of hydrogen-bond acceptors (Lipinski definition) is 5. The van der Waals surface area contributed by atoms with Crippen molar-refractivity contribution in [3.05, 3.63) is 58.9 Å². The Morgan fingerprint density at radius 1 is 1.13 bits per heavy atom. The van der Waals surface area contributed by atoms with Crippen LogP contribution in [0, 0.1) is 0 Å². The number of rotatable bonds is 5. The van der Waals surface area contributed by atoms with Crippen molar-refractivity contribution in [1.29, 1.82) is 0 Å². The fourth-order valence-electron chi connectivity index (χ4n) is 2.91. The summed E-state index contributed by atoms with van der Waals surface area (Å²) in [7, 11) is 1.28. The SMILES string of the molecule is CCC(C(=O)OC)n1c(=NC(=O)c2ccc(OC(F)(F)F)cc2)sc2ccccc21. The van der Waals surface area contributed by atoms with Crippen LogP contribution < -0.4 is 9.54 Å². The van der Waals surface area contributed by atoms with E-state index in [1.807, 2.05) is 25.1 Å². The van der Waals surface area contributed by atoms with Crippen molar-refractivity contribution >= 4 is 33.4 Å². The average Bonchev–Trinajstić information content (AvgIpc) is 3.05. The van der Waals surface area contributed by atoms with E-state index in [9.17, 15) is 22.8 Å². The number of halogens is 3. The molecule has 1 unspecified atom stereocenters. The maximum Gasteiger partial charge on any atom is 0.573 e. The van der Waals surface area contributed by atoms with Crippen molar-refractivity contribution in [1.82, 2.24) is 4.57 Å². The number of carbonyl (C=O) groups excluding carboxylic acids is 2. The monoisotopic (exact) mass is 438 g/mol. The molecule has 1 amide bonds. The van der Waals surface area contributed by atoms with E-state index in [1.54, 1.807) is 10.6 Å². The first-order valence-electron chi connectivity index (χ1n) is 8.86. The van der Waals surface area contributed by atoms with Crippen molar-refractivity contribution < 1.29 is 32.2 Å². The Hall–Kier alpha value is -3.14. The number of fused-ring (bicyclic) bond motifs is 1. The lowest BCUT2D eigenvalue weighted by Gasteiger charge is -2.15. The van der Waals surface area contributed by atoms with Crippen LogP contribution in [0.4, 0.5) is 13.2 Å². The molecule has 10 heteroatoms. The number of alkyl halides is 3. The van der Waals surface area contributed by atoms with Crippen LogP contribution in [0.15, 0.2) is 53.5 Å². The summed E-state index contributed by atoms with van der Waals surface area (Å²) in [4.78, 5) is 29.3. The van der Waals surface area contributed by atoms with Gasteiger partial charge in [-0.25, -0.2) is 4.79 Å². The maximum absolute atomic E-state index is 12.6. The Morgan fingerprint density at radius 3 is 2.40 bits per heavy atom. The second-order valence-electron chi connectivity index (χ2n) is 6.16. The van der Waals surface area contributed by atoms with Crippen molar-refractivity contribution in [2.75, 3.05) is 7.11 Å².